The van der Waals surface area contributed by atoms with Gasteiger partial charge in [0.15, 0.2) is 18.1 Å². The Morgan fingerprint density at radius 1 is 0.919 bits per heavy atom. The number of rotatable bonds is 8. The summed E-state index contributed by atoms with van der Waals surface area (Å²) in [7, 11) is 0. The molecule has 4 rings (SSSR count). The molecule has 0 fully saturated rings. The minimum absolute atomic E-state index is 0.0696. The van der Waals surface area contributed by atoms with Crippen LogP contribution in [-0.4, -0.2) is 43.0 Å². The van der Waals surface area contributed by atoms with E-state index in [1.807, 2.05) is 0 Å². The summed E-state index contributed by atoms with van der Waals surface area (Å²) in [5.74, 6) is -1.86. The van der Waals surface area contributed by atoms with Gasteiger partial charge < -0.3 is 19.5 Å². The maximum Gasteiger partial charge on any atom is 0.308 e. The van der Waals surface area contributed by atoms with Crippen molar-refractivity contribution in [1.29, 1.82) is 0 Å². The van der Waals surface area contributed by atoms with Crippen LogP contribution in [-0.2, 0) is 19.1 Å². The summed E-state index contributed by atoms with van der Waals surface area (Å²) in [4.78, 5) is 49.9. The van der Waals surface area contributed by atoms with E-state index in [1.54, 1.807) is 78.9 Å². The smallest absolute Gasteiger partial charge is 0.308 e. The highest BCUT2D eigenvalue weighted by atomic mass is 35.5. The van der Waals surface area contributed by atoms with Crippen LogP contribution in [0.25, 0.3) is 0 Å². The summed E-state index contributed by atoms with van der Waals surface area (Å²) in [5.41, 5.74) is 0.919. The van der Waals surface area contributed by atoms with Gasteiger partial charge in [0, 0.05) is 0 Å². The van der Waals surface area contributed by atoms with Gasteiger partial charge in [-0.25, -0.2) is 0 Å². The zero-order valence-corrected chi connectivity index (χ0v) is 20.3. The zero-order valence-electron chi connectivity index (χ0n) is 19.5. The van der Waals surface area contributed by atoms with Gasteiger partial charge in [-0.2, -0.15) is 0 Å². The van der Waals surface area contributed by atoms with Crippen molar-refractivity contribution in [2.24, 2.45) is 0 Å². The number of amides is 3. The largest absolute Gasteiger partial charge is 0.485 e. The molecule has 0 saturated carbocycles. The first-order valence-corrected chi connectivity index (χ1v) is 11.8. The molecule has 0 radical (unpaired) electrons. The Hall–Kier alpha value is -4.37. The molecule has 3 aromatic rings. The minimum atomic E-state index is -1.03. The molecule has 2 N–H and O–H groups in total. The van der Waals surface area contributed by atoms with E-state index in [9.17, 15) is 19.2 Å². The molecule has 190 valence electrons. The van der Waals surface area contributed by atoms with Crippen molar-refractivity contribution in [3.63, 3.8) is 0 Å². The van der Waals surface area contributed by atoms with Crippen LogP contribution >= 0.6 is 11.6 Å². The summed E-state index contributed by atoms with van der Waals surface area (Å²) in [6.45, 7) is -0.755. The summed E-state index contributed by atoms with van der Waals surface area (Å²) in [5, 5.41) is 5.19. The molecule has 1 heterocycles. The van der Waals surface area contributed by atoms with E-state index in [4.69, 9.17) is 25.8 Å². The molecule has 2 atom stereocenters. The molecule has 10 heteroatoms. The molecule has 3 amide bonds. The van der Waals surface area contributed by atoms with E-state index >= 15 is 0 Å². The standard InChI is InChI=1S/C27H23ClN2O7/c28-19-11-5-4-10-18(19)26(33)29-20(17-8-2-1-3-9-17)14-25(32)36-16-24(31)30-27(34)23-15-35-21-12-6-7-13-22(21)37-23/h1-13,20,23H,14-16H2,(H,29,33)(H,30,31,34). The van der Waals surface area contributed by atoms with Crippen LogP contribution in [0.15, 0.2) is 78.9 Å². The molecule has 0 spiro atoms. The van der Waals surface area contributed by atoms with Gasteiger partial charge in [-0.15, -0.1) is 0 Å². The summed E-state index contributed by atoms with van der Waals surface area (Å²) < 4.78 is 16.1. The maximum absolute atomic E-state index is 12.8. The fourth-order valence-electron chi connectivity index (χ4n) is 3.59. The molecule has 0 bridgehead atoms. The second-order valence-corrected chi connectivity index (χ2v) is 8.47. The van der Waals surface area contributed by atoms with Gasteiger partial charge in [-0.05, 0) is 29.8 Å². The number of fused-ring (bicyclic) bond motifs is 1. The van der Waals surface area contributed by atoms with Crippen LogP contribution in [0.2, 0.25) is 5.02 Å². The van der Waals surface area contributed by atoms with Crippen LogP contribution in [0.4, 0.5) is 0 Å². The first-order chi connectivity index (χ1) is 17.9. The van der Waals surface area contributed by atoms with Gasteiger partial charge in [-0.1, -0.05) is 66.2 Å². The second kappa shape index (κ2) is 12.0. The second-order valence-electron chi connectivity index (χ2n) is 8.06. The Balaban J connectivity index is 1.31. The van der Waals surface area contributed by atoms with Crippen LogP contribution < -0.4 is 20.1 Å². The third kappa shape index (κ3) is 6.86. The van der Waals surface area contributed by atoms with Gasteiger partial charge in [0.25, 0.3) is 17.7 Å². The van der Waals surface area contributed by atoms with Gasteiger partial charge in [0.05, 0.1) is 23.0 Å². The van der Waals surface area contributed by atoms with Gasteiger partial charge in [0.1, 0.15) is 6.61 Å². The van der Waals surface area contributed by atoms with E-state index in [1.165, 1.54) is 0 Å². The summed E-state index contributed by atoms with van der Waals surface area (Å²) >= 11 is 6.12. The minimum Gasteiger partial charge on any atom is -0.485 e. The Bertz CT molecular complexity index is 1300. The lowest BCUT2D eigenvalue weighted by Crippen LogP contribution is -2.47. The Labute approximate surface area is 217 Å². The molecule has 1 aliphatic heterocycles. The van der Waals surface area contributed by atoms with E-state index in [-0.39, 0.29) is 23.6 Å². The SMILES string of the molecule is O=C(COC(=O)CC(NC(=O)c1ccccc1Cl)c1ccccc1)NC(=O)C1COc2ccccc2O1. The zero-order chi connectivity index (χ0) is 26.2. The van der Waals surface area contributed by atoms with Gasteiger partial charge in [0.2, 0.25) is 6.10 Å². The predicted octanol–water partition coefficient (Wildman–Crippen LogP) is 3.23. The Morgan fingerprint density at radius 3 is 2.35 bits per heavy atom. The molecule has 37 heavy (non-hydrogen) atoms. The molecule has 1 aliphatic rings. The molecule has 0 aliphatic carbocycles. The van der Waals surface area contributed by atoms with E-state index in [2.05, 4.69) is 10.6 Å². The van der Waals surface area contributed by atoms with E-state index in [0.717, 1.165) is 0 Å². The van der Waals surface area contributed by atoms with Crippen LogP contribution in [0.3, 0.4) is 0 Å². The number of benzene rings is 3. The fourth-order valence-corrected chi connectivity index (χ4v) is 3.81. The van der Waals surface area contributed by atoms with Crippen LogP contribution in [0.5, 0.6) is 11.5 Å². The fraction of sp³-hybridized carbons (Fsp3) is 0.185. The number of nitrogens with one attached hydrogen (secondary N) is 2. The Morgan fingerprint density at radius 2 is 1.59 bits per heavy atom. The normalized spacial score (nSPS) is 14.7. The third-order valence-electron chi connectivity index (χ3n) is 5.42. The molecule has 3 aromatic carbocycles. The highest BCUT2D eigenvalue weighted by Gasteiger charge is 2.29. The molecule has 0 aromatic heterocycles. The van der Waals surface area contributed by atoms with Crippen molar-refractivity contribution in [3.8, 4) is 11.5 Å². The highest BCUT2D eigenvalue weighted by molar-refractivity contribution is 6.33. The summed E-state index contributed by atoms with van der Waals surface area (Å²) in [6.07, 6.45) is -1.28. The molecular weight excluding hydrogens is 500 g/mol. The number of carbonyl (C=O) groups is 4. The average Bonchev–Trinajstić information content (AvgIpc) is 2.92. The number of para-hydroxylation sites is 2. The van der Waals surface area contributed by atoms with Crippen LogP contribution in [0, 0.1) is 0 Å². The van der Waals surface area contributed by atoms with Crippen molar-refractivity contribution in [1.82, 2.24) is 10.6 Å². The van der Waals surface area contributed by atoms with Gasteiger partial charge >= 0.3 is 5.97 Å². The number of imide groups is 1. The third-order valence-corrected chi connectivity index (χ3v) is 5.75. The number of ether oxygens (including phenoxy) is 3. The predicted molar refractivity (Wildman–Crippen MR) is 133 cm³/mol. The molecule has 0 saturated heterocycles. The lowest BCUT2D eigenvalue weighted by atomic mass is 10.0. The Kier molecular flexibility index (Phi) is 8.37. The number of carbonyl (C=O) groups excluding carboxylic acids is 4. The first kappa shape index (κ1) is 25.7. The number of halogens is 1. The molecular formula is C27H23ClN2O7. The van der Waals surface area contributed by atoms with Crippen molar-refractivity contribution >= 4 is 35.3 Å². The first-order valence-electron chi connectivity index (χ1n) is 11.4. The van der Waals surface area contributed by atoms with Crippen molar-refractivity contribution in [2.75, 3.05) is 13.2 Å². The van der Waals surface area contributed by atoms with Crippen LogP contribution in [0.1, 0.15) is 28.4 Å². The lowest BCUT2D eigenvalue weighted by Gasteiger charge is -2.25. The number of hydrogen-bond acceptors (Lipinski definition) is 7. The van der Waals surface area contributed by atoms with Crippen molar-refractivity contribution in [3.05, 3.63) is 95.0 Å². The lowest BCUT2D eigenvalue weighted by molar-refractivity contribution is -0.150. The van der Waals surface area contributed by atoms with Crippen molar-refractivity contribution < 1.29 is 33.4 Å². The topological polar surface area (TPSA) is 120 Å². The quantitative estimate of drug-likeness (QED) is 0.436. The van der Waals surface area contributed by atoms with Crippen molar-refractivity contribution in [2.45, 2.75) is 18.6 Å². The highest BCUT2D eigenvalue weighted by Crippen LogP contribution is 2.30. The van der Waals surface area contributed by atoms with Gasteiger partial charge in [-0.3, -0.25) is 24.5 Å². The molecule has 9 nitrogen and oxygen atoms in total. The average molecular weight is 523 g/mol. The monoisotopic (exact) mass is 522 g/mol. The number of esters is 1. The summed E-state index contributed by atoms with van der Waals surface area (Å²) in [6, 6.07) is 21.5. The molecule has 2 unspecified atom stereocenters. The maximum atomic E-state index is 12.8. The number of hydrogen-bond donors (Lipinski definition) is 2. The van der Waals surface area contributed by atoms with E-state index < -0.39 is 42.4 Å². The van der Waals surface area contributed by atoms with E-state index in [0.29, 0.717) is 17.1 Å².